The fourth-order valence-electron chi connectivity index (χ4n) is 2.44. The Labute approximate surface area is 153 Å². The molecule has 0 aromatic heterocycles. The van der Waals surface area contributed by atoms with Gasteiger partial charge >= 0.3 is 0 Å². The normalized spacial score (nSPS) is 10.4. The van der Waals surface area contributed by atoms with Gasteiger partial charge in [0.05, 0.1) is 6.54 Å². The smallest absolute Gasteiger partial charge is 0.239 e. The van der Waals surface area contributed by atoms with E-state index in [0.717, 1.165) is 11.1 Å². The Morgan fingerprint density at radius 2 is 1.80 bits per heavy atom. The molecule has 0 spiro atoms. The number of aryl methyl sites for hydroxylation is 1. The summed E-state index contributed by atoms with van der Waals surface area (Å²) >= 11 is 5.97. The van der Waals surface area contributed by atoms with E-state index in [1.165, 1.54) is 12.5 Å². The molecule has 0 heterocycles. The molecule has 25 heavy (non-hydrogen) atoms. The highest BCUT2D eigenvalue weighted by molar-refractivity contribution is 6.30. The number of halogens is 1. The van der Waals surface area contributed by atoms with Crippen molar-refractivity contribution < 1.29 is 9.59 Å². The van der Waals surface area contributed by atoms with E-state index in [9.17, 15) is 9.59 Å². The van der Waals surface area contributed by atoms with Gasteiger partial charge in [-0.25, -0.2) is 0 Å². The molecule has 0 aliphatic rings. The zero-order valence-corrected chi connectivity index (χ0v) is 15.3. The number of amides is 2. The van der Waals surface area contributed by atoms with Gasteiger partial charge in [-0.05, 0) is 36.6 Å². The van der Waals surface area contributed by atoms with E-state index >= 15 is 0 Å². The van der Waals surface area contributed by atoms with Crippen LogP contribution < -0.4 is 5.32 Å². The highest BCUT2D eigenvalue weighted by Crippen LogP contribution is 2.11. The van der Waals surface area contributed by atoms with Crippen molar-refractivity contribution in [2.24, 2.45) is 0 Å². The Balaban J connectivity index is 1.84. The van der Waals surface area contributed by atoms with E-state index in [0.29, 0.717) is 24.5 Å². The van der Waals surface area contributed by atoms with E-state index < -0.39 is 0 Å². The first kappa shape index (κ1) is 19.0. The molecule has 2 aromatic rings. The maximum absolute atomic E-state index is 12.1. The molecular weight excluding hydrogens is 336 g/mol. The van der Waals surface area contributed by atoms with Crippen LogP contribution in [0.3, 0.4) is 0 Å². The number of carbonyl (C=O) groups is 2. The minimum atomic E-state index is -0.165. The molecule has 5 heteroatoms. The molecule has 132 valence electrons. The summed E-state index contributed by atoms with van der Waals surface area (Å²) in [6.07, 6.45) is 0.658. The second kappa shape index (κ2) is 9.23. The second-order valence-corrected chi connectivity index (χ2v) is 6.52. The van der Waals surface area contributed by atoms with Crippen molar-refractivity contribution in [1.82, 2.24) is 10.2 Å². The Morgan fingerprint density at radius 1 is 1.08 bits per heavy atom. The van der Waals surface area contributed by atoms with Gasteiger partial charge in [0.2, 0.25) is 11.8 Å². The number of nitrogens with zero attached hydrogens (tertiary/aromatic N) is 1. The summed E-state index contributed by atoms with van der Waals surface area (Å²) in [7, 11) is 0. The SMILES string of the molecule is CC(=O)N(CCc1cccc(Cl)c1)CC(=O)NCc1ccc(C)cc1. The monoisotopic (exact) mass is 358 g/mol. The summed E-state index contributed by atoms with van der Waals surface area (Å²) < 4.78 is 0. The predicted octanol–water partition coefficient (Wildman–Crippen LogP) is 3.36. The van der Waals surface area contributed by atoms with Gasteiger partial charge in [0.1, 0.15) is 0 Å². The average molecular weight is 359 g/mol. The molecule has 2 rings (SSSR count). The molecule has 2 aromatic carbocycles. The van der Waals surface area contributed by atoms with Gasteiger partial charge < -0.3 is 10.2 Å². The first-order chi connectivity index (χ1) is 11.9. The van der Waals surface area contributed by atoms with E-state index in [1.54, 1.807) is 4.90 Å². The predicted molar refractivity (Wildman–Crippen MR) is 100 cm³/mol. The number of rotatable bonds is 7. The minimum Gasteiger partial charge on any atom is -0.350 e. The molecule has 0 fully saturated rings. The van der Waals surface area contributed by atoms with E-state index in [2.05, 4.69) is 5.32 Å². The third-order valence-corrected chi connectivity index (χ3v) is 4.18. The zero-order valence-electron chi connectivity index (χ0n) is 14.6. The highest BCUT2D eigenvalue weighted by Gasteiger charge is 2.13. The van der Waals surface area contributed by atoms with Gasteiger partial charge in [0, 0.05) is 25.0 Å². The largest absolute Gasteiger partial charge is 0.350 e. The topological polar surface area (TPSA) is 49.4 Å². The number of hydrogen-bond acceptors (Lipinski definition) is 2. The van der Waals surface area contributed by atoms with Crippen LogP contribution in [0.4, 0.5) is 0 Å². The summed E-state index contributed by atoms with van der Waals surface area (Å²) in [6.45, 7) is 4.49. The fraction of sp³-hybridized carbons (Fsp3) is 0.300. The molecular formula is C20H23ClN2O2. The Bertz CT molecular complexity index is 729. The third kappa shape index (κ3) is 6.59. The minimum absolute atomic E-state index is 0.0573. The summed E-state index contributed by atoms with van der Waals surface area (Å²) in [5.74, 6) is -0.283. The van der Waals surface area contributed by atoms with Crippen LogP contribution in [0.5, 0.6) is 0 Å². The molecule has 0 bridgehead atoms. The summed E-state index contributed by atoms with van der Waals surface area (Å²) in [5, 5.41) is 3.53. The first-order valence-electron chi connectivity index (χ1n) is 8.26. The van der Waals surface area contributed by atoms with Crippen molar-refractivity contribution in [1.29, 1.82) is 0 Å². The fourth-order valence-corrected chi connectivity index (χ4v) is 2.65. The highest BCUT2D eigenvalue weighted by atomic mass is 35.5. The van der Waals surface area contributed by atoms with Crippen molar-refractivity contribution in [3.8, 4) is 0 Å². The number of hydrogen-bond donors (Lipinski definition) is 1. The number of carbonyl (C=O) groups excluding carboxylic acids is 2. The molecule has 0 radical (unpaired) electrons. The zero-order chi connectivity index (χ0) is 18.2. The van der Waals surface area contributed by atoms with Gasteiger partial charge in [0.15, 0.2) is 0 Å². The van der Waals surface area contributed by atoms with Crippen LogP contribution in [-0.4, -0.2) is 29.8 Å². The van der Waals surface area contributed by atoms with Crippen LogP contribution in [0, 0.1) is 6.92 Å². The van der Waals surface area contributed by atoms with Crippen LogP contribution in [0.15, 0.2) is 48.5 Å². The molecule has 0 saturated carbocycles. The Morgan fingerprint density at radius 3 is 2.44 bits per heavy atom. The Hall–Kier alpha value is -2.33. The average Bonchev–Trinajstić information content (AvgIpc) is 2.58. The summed E-state index contributed by atoms with van der Waals surface area (Å²) in [6, 6.07) is 15.5. The van der Waals surface area contributed by atoms with Crippen LogP contribution in [0.25, 0.3) is 0 Å². The number of benzene rings is 2. The van der Waals surface area contributed by atoms with Crippen molar-refractivity contribution in [2.75, 3.05) is 13.1 Å². The van der Waals surface area contributed by atoms with Gasteiger partial charge in [-0.3, -0.25) is 9.59 Å². The first-order valence-corrected chi connectivity index (χ1v) is 8.64. The lowest BCUT2D eigenvalue weighted by Gasteiger charge is -2.20. The lowest BCUT2D eigenvalue weighted by atomic mass is 10.1. The summed E-state index contributed by atoms with van der Waals surface area (Å²) in [4.78, 5) is 25.5. The lowest BCUT2D eigenvalue weighted by molar-refractivity contribution is -0.134. The molecule has 2 amide bonds. The Kier molecular flexibility index (Phi) is 7.02. The van der Waals surface area contributed by atoms with Crippen molar-refractivity contribution in [3.63, 3.8) is 0 Å². The third-order valence-electron chi connectivity index (χ3n) is 3.95. The van der Waals surface area contributed by atoms with E-state index in [-0.39, 0.29) is 18.4 Å². The van der Waals surface area contributed by atoms with Crippen LogP contribution >= 0.6 is 11.6 Å². The molecule has 0 atom stereocenters. The lowest BCUT2D eigenvalue weighted by Crippen LogP contribution is -2.40. The summed E-state index contributed by atoms with van der Waals surface area (Å²) in [5.41, 5.74) is 3.25. The van der Waals surface area contributed by atoms with Crippen LogP contribution in [0.2, 0.25) is 5.02 Å². The van der Waals surface area contributed by atoms with Crippen LogP contribution in [0.1, 0.15) is 23.6 Å². The molecule has 0 aliphatic heterocycles. The standard InChI is InChI=1S/C20H23ClN2O2/c1-15-6-8-18(9-7-15)13-22-20(25)14-23(16(2)24)11-10-17-4-3-5-19(21)12-17/h3-9,12H,10-11,13-14H2,1-2H3,(H,22,25). The number of nitrogens with one attached hydrogen (secondary N) is 1. The van der Waals surface area contributed by atoms with Crippen molar-refractivity contribution in [3.05, 3.63) is 70.2 Å². The van der Waals surface area contributed by atoms with Crippen molar-refractivity contribution >= 4 is 23.4 Å². The van der Waals surface area contributed by atoms with Gasteiger partial charge in [-0.1, -0.05) is 53.6 Å². The maximum atomic E-state index is 12.1. The molecule has 0 unspecified atom stereocenters. The van der Waals surface area contributed by atoms with E-state index in [1.807, 2.05) is 55.5 Å². The van der Waals surface area contributed by atoms with E-state index in [4.69, 9.17) is 11.6 Å². The molecule has 4 nitrogen and oxygen atoms in total. The maximum Gasteiger partial charge on any atom is 0.239 e. The van der Waals surface area contributed by atoms with Gasteiger partial charge in [-0.15, -0.1) is 0 Å². The van der Waals surface area contributed by atoms with Crippen molar-refractivity contribution in [2.45, 2.75) is 26.8 Å². The second-order valence-electron chi connectivity index (χ2n) is 6.08. The quantitative estimate of drug-likeness (QED) is 0.825. The van der Waals surface area contributed by atoms with Crippen LogP contribution in [-0.2, 0) is 22.6 Å². The molecule has 0 saturated heterocycles. The van der Waals surface area contributed by atoms with Gasteiger partial charge in [0.25, 0.3) is 0 Å². The molecule has 1 N–H and O–H groups in total. The molecule has 0 aliphatic carbocycles. The van der Waals surface area contributed by atoms with Gasteiger partial charge in [-0.2, -0.15) is 0 Å².